The summed E-state index contributed by atoms with van der Waals surface area (Å²) in [6, 6.07) is 15.9. The first kappa shape index (κ1) is 21.3. The molecule has 0 aliphatic carbocycles. The lowest BCUT2D eigenvalue weighted by atomic mass is 9.98. The van der Waals surface area contributed by atoms with Gasteiger partial charge in [0.25, 0.3) is 5.91 Å². The van der Waals surface area contributed by atoms with Crippen LogP contribution < -0.4 is 0 Å². The van der Waals surface area contributed by atoms with Crippen molar-refractivity contribution in [3.63, 3.8) is 0 Å². The lowest BCUT2D eigenvalue weighted by Crippen LogP contribution is -2.44. The molecule has 0 bridgehead atoms. The molecule has 0 radical (unpaired) electrons. The van der Waals surface area contributed by atoms with E-state index in [1.54, 1.807) is 4.68 Å². The predicted octanol–water partition coefficient (Wildman–Crippen LogP) is 3.76. The topological polar surface area (TPSA) is 82.9 Å². The quantitative estimate of drug-likeness (QED) is 0.491. The van der Waals surface area contributed by atoms with E-state index in [0.717, 1.165) is 54.6 Å². The molecule has 170 valence electrons. The number of rotatable bonds is 6. The molecule has 0 saturated carbocycles. The second kappa shape index (κ2) is 9.15. The maximum Gasteiger partial charge on any atom is 0.254 e. The van der Waals surface area contributed by atoms with E-state index in [9.17, 15) is 4.79 Å². The number of benzene rings is 2. The van der Waals surface area contributed by atoms with E-state index in [2.05, 4.69) is 44.4 Å². The Morgan fingerprint density at radius 1 is 1.12 bits per heavy atom. The molecule has 2 aromatic heterocycles. The Balaban J connectivity index is 1.33. The van der Waals surface area contributed by atoms with Crippen LogP contribution in [0.25, 0.3) is 28.0 Å². The predicted molar refractivity (Wildman–Crippen MR) is 128 cm³/mol. The highest BCUT2D eigenvalue weighted by Gasteiger charge is 2.27. The van der Waals surface area contributed by atoms with E-state index in [0.29, 0.717) is 17.3 Å². The van der Waals surface area contributed by atoms with E-state index in [1.165, 1.54) is 6.42 Å². The van der Waals surface area contributed by atoms with Crippen LogP contribution in [0, 0.1) is 0 Å². The van der Waals surface area contributed by atoms with Crippen LogP contribution in [0.1, 0.15) is 36.0 Å². The van der Waals surface area contributed by atoms with Gasteiger partial charge in [-0.1, -0.05) is 23.4 Å². The Morgan fingerprint density at radius 2 is 1.94 bits per heavy atom. The average Bonchev–Trinajstić information content (AvgIpc) is 3.50. The second-order valence-corrected chi connectivity index (χ2v) is 8.95. The van der Waals surface area contributed by atoms with Crippen molar-refractivity contribution in [3.8, 4) is 17.1 Å². The molecule has 1 amide bonds. The third kappa shape index (κ3) is 4.39. The fraction of sp³-hybridized carbons (Fsp3) is 0.360. The molecule has 8 nitrogen and oxygen atoms in total. The molecule has 33 heavy (non-hydrogen) atoms. The Kier molecular flexibility index (Phi) is 5.92. The van der Waals surface area contributed by atoms with Crippen LogP contribution in [-0.2, 0) is 0 Å². The fourth-order valence-corrected chi connectivity index (χ4v) is 4.56. The molecule has 8 heteroatoms. The number of likely N-dealkylation sites (tertiary alicyclic amines) is 1. The third-order valence-electron chi connectivity index (χ3n) is 6.38. The highest BCUT2D eigenvalue weighted by atomic mass is 16.2. The van der Waals surface area contributed by atoms with Crippen molar-refractivity contribution < 1.29 is 4.79 Å². The van der Waals surface area contributed by atoms with Crippen LogP contribution in [-0.4, -0.2) is 74.1 Å². The van der Waals surface area contributed by atoms with Crippen molar-refractivity contribution in [2.45, 2.75) is 31.7 Å². The zero-order chi connectivity index (χ0) is 22.8. The summed E-state index contributed by atoms with van der Waals surface area (Å²) >= 11 is 0. The number of fused-ring (bicyclic) bond motifs is 1. The Labute approximate surface area is 193 Å². The lowest BCUT2D eigenvalue weighted by Gasteiger charge is -2.36. The number of carbonyl (C=O) groups is 1. The number of nitrogens with one attached hydrogen (secondary N) is 1. The van der Waals surface area contributed by atoms with E-state index in [4.69, 9.17) is 0 Å². The van der Waals surface area contributed by atoms with Crippen LogP contribution >= 0.6 is 0 Å². The molecule has 1 fully saturated rings. The maximum absolute atomic E-state index is 13.3. The number of carbonyl (C=O) groups excluding carboxylic acids is 1. The van der Waals surface area contributed by atoms with Crippen molar-refractivity contribution in [2.24, 2.45) is 0 Å². The van der Waals surface area contributed by atoms with Crippen molar-refractivity contribution in [3.05, 3.63) is 60.3 Å². The highest BCUT2D eigenvalue weighted by molar-refractivity contribution is 5.94. The largest absolute Gasteiger partial charge is 0.336 e. The van der Waals surface area contributed by atoms with Gasteiger partial charge >= 0.3 is 0 Å². The summed E-state index contributed by atoms with van der Waals surface area (Å²) in [6.07, 6.45) is 6.23. The minimum absolute atomic E-state index is 0.118. The normalized spacial score (nSPS) is 16.6. The summed E-state index contributed by atoms with van der Waals surface area (Å²) in [5.41, 5.74) is 4.01. The third-order valence-corrected chi connectivity index (χ3v) is 6.38. The second-order valence-electron chi connectivity index (χ2n) is 8.95. The molecule has 3 heterocycles. The number of H-pyrrole nitrogens is 1. The van der Waals surface area contributed by atoms with Crippen molar-refractivity contribution in [1.29, 1.82) is 0 Å². The van der Waals surface area contributed by atoms with E-state index in [-0.39, 0.29) is 5.91 Å². The highest BCUT2D eigenvalue weighted by Crippen LogP contribution is 2.25. The number of para-hydroxylation sites is 1. The van der Waals surface area contributed by atoms with Gasteiger partial charge in [0, 0.05) is 23.5 Å². The zero-order valence-electron chi connectivity index (χ0n) is 19.1. The Hall–Kier alpha value is -3.52. The number of amides is 1. The van der Waals surface area contributed by atoms with Crippen LogP contribution in [0.3, 0.4) is 0 Å². The number of hydrogen-bond donors (Lipinski definition) is 1. The van der Waals surface area contributed by atoms with E-state index < -0.39 is 0 Å². The minimum Gasteiger partial charge on any atom is -0.336 e. The van der Waals surface area contributed by atoms with Gasteiger partial charge < -0.3 is 9.80 Å². The van der Waals surface area contributed by atoms with Gasteiger partial charge in [-0.25, -0.2) is 4.68 Å². The molecule has 1 aliphatic heterocycles. The van der Waals surface area contributed by atoms with Gasteiger partial charge in [0.2, 0.25) is 0 Å². The Morgan fingerprint density at radius 3 is 2.76 bits per heavy atom. The molecule has 1 unspecified atom stereocenters. The van der Waals surface area contributed by atoms with Gasteiger partial charge in [-0.15, -0.1) is 5.10 Å². The van der Waals surface area contributed by atoms with Crippen molar-refractivity contribution >= 4 is 16.8 Å². The first-order valence-electron chi connectivity index (χ1n) is 11.5. The monoisotopic (exact) mass is 443 g/mol. The summed E-state index contributed by atoms with van der Waals surface area (Å²) in [5.74, 6) is 0.118. The van der Waals surface area contributed by atoms with Crippen LogP contribution in [0.15, 0.2) is 54.7 Å². The summed E-state index contributed by atoms with van der Waals surface area (Å²) in [6.45, 7) is 1.83. The smallest absolute Gasteiger partial charge is 0.254 e. The molecule has 4 aromatic rings. The number of piperidine rings is 1. The molecule has 1 saturated heterocycles. The van der Waals surface area contributed by atoms with E-state index in [1.807, 2.05) is 54.7 Å². The van der Waals surface area contributed by atoms with Crippen LogP contribution in [0.2, 0.25) is 0 Å². The van der Waals surface area contributed by atoms with Gasteiger partial charge in [0.1, 0.15) is 11.4 Å². The Bertz CT molecular complexity index is 1240. The van der Waals surface area contributed by atoms with Gasteiger partial charge in [0.15, 0.2) is 0 Å². The molecule has 5 rings (SSSR count). The van der Waals surface area contributed by atoms with Crippen LogP contribution in [0.5, 0.6) is 0 Å². The molecule has 1 N–H and O–H groups in total. The molecule has 0 spiro atoms. The summed E-state index contributed by atoms with van der Waals surface area (Å²) in [5, 5.41) is 17.0. The molecule has 2 aromatic carbocycles. The zero-order valence-corrected chi connectivity index (χ0v) is 19.1. The molecular formula is C25H29N7O. The minimum atomic E-state index is 0.118. The standard InChI is InChI=1S/C25H29N7O/c1-30(2)16-14-19-7-5-6-15-31(19)25(33)18-10-12-20(13-11-18)32-17-23(27-29-32)24-21-8-3-4-9-22(21)26-28-24/h3-4,8-13,17,19H,5-7,14-16H2,1-2H3,(H,26,28). The fourth-order valence-electron chi connectivity index (χ4n) is 4.56. The summed E-state index contributed by atoms with van der Waals surface area (Å²) in [4.78, 5) is 17.5. The molecule has 1 atom stereocenters. The van der Waals surface area contributed by atoms with Gasteiger partial charge in [0.05, 0.1) is 17.4 Å². The maximum atomic E-state index is 13.3. The average molecular weight is 444 g/mol. The van der Waals surface area contributed by atoms with Gasteiger partial charge in [-0.3, -0.25) is 9.89 Å². The number of aromatic amines is 1. The number of nitrogens with zero attached hydrogens (tertiary/aromatic N) is 6. The van der Waals surface area contributed by atoms with Crippen molar-refractivity contribution in [1.82, 2.24) is 35.0 Å². The summed E-state index contributed by atoms with van der Waals surface area (Å²) in [7, 11) is 4.16. The molecular weight excluding hydrogens is 414 g/mol. The first-order valence-corrected chi connectivity index (χ1v) is 11.5. The van der Waals surface area contributed by atoms with Gasteiger partial charge in [-0.05, 0) is 76.7 Å². The van der Waals surface area contributed by atoms with Crippen molar-refractivity contribution in [2.75, 3.05) is 27.2 Å². The first-order chi connectivity index (χ1) is 16.1. The number of aromatic nitrogens is 5. The SMILES string of the molecule is CN(C)CCC1CCCCN1C(=O)c1ccc(-n2cc(-c3n[nH]c4ccccc34)nn2)cc1. The molecule has 1 aliphatic rings. The summed E-state index contributed by atoms with van der Waals surface area (Å²) < 4.78 is 1.72. The van der Waals surface area contributed by atoms with Gasteiger partial charge in [-0.2, -0.15) is 5.10 Å². The lowest BCUT2D eigenvalue weighted by molar-refractivity contribution is 0.0591. The van der Waals surface area contributed by atoms with E-state index >= 15 is 0 Å². The number of hydrogen-bond acceptors (Lipinski definition) is 5. The van der Waals surface area contributed by atoms with Crippen LogP contribution in [0.4, 0.5) is 0 Å².